The van der Waals surface area contributed by atoms with Crippen molar-refractivity contribution < 1.29 is 9.18 Å². The predicted octanol–water partition coefficient (Wildman–Crippen LogP) is 2.62. The molecule has 7 heteroatoms. The molecule has 1 amide bonds. The molecule has 0 atom stereocenters. The third-order valence-corrected chi connectivity index (χ3v) is 4.16. The lowest BCUT2D eigenvalue weighted by Gasteiger charge is -2.18. The first-order valence-corrected chi connectivity index (χ1v) is 8.57. The van der Waals surface area contributed by atoms with Gasteiger partial charge in [0.1, 0.15) is 23.7 Å². The maximum Gasteiger partial charge on any atom is 0.270 e. The second-order valence-electron chi connectivity index (χ2n) is 6.06. The molecular formula is C20H20FN5O. The number of aromatic nitrogens is 3. The van der Waals surface area contributed by atoms with Gasteiger partial charge in [-0.25, -0.2) is 14.4 Å². The molecule has 2 aromatic heterocycles. The number of likely N-dealkylation sites (N-methyl/N-ethyl adjacent to an activating group) is 1. The van der Waals surface area contributed by atoms with E-state index < -0.39 is 0 Å². The highest BCUT2D eigenvalue weighted by atomic mass is 19.1. The van der Waals surface area contributed by atoms with Gasteiger partial charge in [0.2, 0.25) is 0 Å². The van der Waals surface area contributed by atoms with Crippen LogP contribution >= 0.6 is 0 Å². The largest absolute Gasteiger partial charge is 0.359 e. The van der Waals surface area contributed by atoms with E-state index in [0.29, 0.717) is 11.4 Å². The Balaban J connectivity index is 1.60. The Morgan fingerprint density at radius 1 is 1.15 bits per heavy atom. The fraction of sp³-hybridized carbons (Fsp3) is 0.200. The number of benzene rings is 1. The molecule has 3 aromatic rings. The van der Waals surface area contributed by atoms with Crippen molar-refractivity contribution in [1.82, 2.24) is 20.3 Å². The van der Waals surface area contributed by atoms with Crippen molar-refractivity contribution in [2.45, 2.75) is 13.0 Å². The summed E-state index contributed by atoms with van der Waals surface area (Å²) in [6.07, 6.45) is 5.71. The molecule has 1 aromatic carbocycles. The van der Waals surface area contributed by atoms with Crippen LogP contribution in [0.25, 0.3) is 0 Å². The topological polar surface area (TPSA) is 71.0 Å². The van der Waals surface area contributed by atoms with E-state index in [2.05, 4.69) is 20.3 Å². The summed E-state index contributed by atoms with van der Waals surface area (Å²) in [5.74, 6) is -0.0726. The first-order valence-electron chi connectivity index (χ1n) is 8.57. The zero-order chi connectivity index (χ0) is 19.1. The highest BCUT2D eigenvalue weighted by Crippen LogP contribution is 2.11. The van der Waals surface area contributed by atoms with Gasteiger partial charge in [-0.15, -0.1) is 0 Å². The summed E-state index contributed by atoms with van der Waals surface area (Å²) < 4.78 is 13.6. The Labute approximate surface area is 157 Å². The van der Waals surface area contributed by atoms with Gasteiger partial charge in [0, 0.05) is 44.2 Å². The predicted molar refractivity (Wildman–Crippen MR) is 101 cm³/mol. The quantitative estimate of drug-likeness (QED) is 0.697. The van der Waals surface area contributed by atoms with E-state index in [1.165, 1.54) is 18.0 Å². The molecule has 0 fully saturated rings. The van der Waals surface area contributed by atoms with Gasteiger partial charge in [-0.1, -0.05) is 18.2 Å². The normalized spacial score (nSPS) is 10.4. The van der Waals surface area contributed by atoms with Gasteiger partial charge in [-0.3, -0.25) is 9.78 Å². The number of carbonyl (C=O) groups is 1. The van der Waals surface area contributed by atoms with Crippen LogP contribution in [0, 0.1) is 5.82 Å². The minimum atomic E-state index is -0.371. The van der Waals surface area contributed by atoms with Crippen molar-refractivity contribution in [3.05, 3.63) is 83.8 Å². The standard InChI is InChI=1S/C20H20FN5O/c1-26(11-8-15-6-9-22-10-7-15)19-12-18(24-14-25-19)20(27)23-13-16-4-2-3-5-17(16)21/h2-7,9-10,12,14H,8,11,13H2,1H3,(H,23,27). The SMILES string of the molecule is CN(CCc1ccncc1)c1cc(C(=O)NCc2ccccc2F)ncn1. The van der Waals surface area contributed by atoms with E-state index >= 15 is 0 Å². The summed E-state index contributed by atoms with van der Waals surface area (Å²) in [6, 6.07) is 11.9. The maximum absolute atomic E-state index is 13.6. The number of nitrogens with zero attached hydrogens (tertiary/aromatic N) is 4. The fourth-order valence-corrected chi connectivity index (χ4v) is 2.55. The minimum absolute atomic E-state index is 0.0999. The highest BCUT2D eigenvalue weighted by Gasteiger charge is 2.12. The Hall–Kier alpha value is -3.35. The van der Waals surface area contributed by atoms with E-state index in [1.807, 2.05) is 24.1 Å². The summed E-state index contributed by atoms with van der Waals surface area (Å²) >= 11 is 0. The van der Waals surface area contributed by atoms with Gasteiger partial charge in [-0.2, -0.15) is 0 Å². The third-order valence-electron chi connectivity index (χ3n) is 4.16. The molecule has 3 rings (SSSR count). The summed E-state index contributed by atoms with van der Waals surface area (Å²) in [4.78, 5) is 26.5. The lowest BCUT2D eigenvalue weighted by molar-refractivity contribution is 0.0945. The first kappa shape index (κ1) is 18.4. The summed E-state index contributed by atoms with van der Waals surface area (Å²) in [5.41, 5.74) is 1.84. The maximum atomic E-state index is 13.6. The van der Waals surface area contributed by atoms with E-state index in [-0.39, 0.29) is 24.0 Å². The van der Waals surface area contributed by atoms with Gasteiger partial charge < -0.3 is 10.2 Å². The molecule has 6 nitrogen and oxygen atoms in total. The molecule has 0 bridgehead atoms. The van der Waals surface area contributed by atoms with Crippen LogP contribution in [0.4, 0.5) is 10.2 Å². The number of nitrogens with one attached hydrogen (secondary N) is 1. The zero-order valence-corrected chi connectivity index (χ0v) is 15.0. The Morgan fingerprint density at radius 2 is 1.93 bits per heavy atom. The van der Waals surface area contributed by atoms with Gasteiger partial charge in [0.15, 0.2) is 0 Å². The number of carbonyl (C=O) groups excluding carboxylic acids is 1. The smallest absolute Gasteiger partial charge is 0.270 e. The molecule has 0 saturated carbocycles. The Kier molecular flexibility index (Phi) is 6.04. The number of hydrogen-bond acceptors (Lipinski definition) is 5. The van der Waals surface area contributed by atoms with Crippen molar-refractivity contribution in [2.24, 2.45) is 0 Å². The average Bonchev–Trinajstić information content (AvgIpc) is 2.72. The van der Waals surface area contributed by atoms with Crippen molar-refractivity contribution >= 4 is 11.7 Å². The molecule has 0 unspecified atom stereocenters. The second kappa shape index (κ2) is 8.84. The summed E-state index contributed by atoms with van der Waals surface area (Å²) in [6.45, 7) is 0.833. The zero-order valence-electron chi connectivity index (χ0n) is 15.0. The molecule has 0 aliphatic carbocycles. The molecular weight excluding hydrogens is 345 g/mol. The minimum Gasteiger partial charge on any atom is -0.359 e. The van der Waals surface area contributed by atoms with Crippen LogP contribution in [-0.4, -0.2) is 34.5 Å². The molecule has 138 valence electrons. The lowest BCUT2D eigenvalue weighted by atomic mass is 10.2. The van der Waals surface area contributed by atoms with Crippen LogP contribution in [0.15, 0.2) is 61.2 Å². The molecule has 0 aliphatic rings. The molecule has 0 aliphatic heterocycles. The molecule has 1 N–H and O–H groups in total. The van der Waals surface area contributed by atoms with E-state index in [9.17, 15) is 9.18 Å². The van der Waals surface area contributed by atoms with Gasteiger partial charge >= 0.3 is 0 Å². The van der Waals surface area contributed by atoms with Crippen LogP contribution in [0.5, 0.6) is 0 Å². The second-order valence-corrected chi connectivity index (χ2v) is 6.06. The van der Waals surface area contributed by atoms with E-state index in [0.717, 1.165) is 13.0 Å². The Morgan fingerprint density at radius 3 is 2.70 bits per heavy atom. The van der Waals surface area contributed by atoms with E-state index in [1.54, 1.807) is 36.7 Å². The number of amides is 1. The lowest BCUT2D eigenvalue weighted by Crippen LogP contribution is -2.26. The number of halogens is 1. The highest BCUT2D eigenvalue weighted by molar-refractivity contribution is 5.92. The molecule has 27 heavy (non-hydrogen) atoms. The van der Waals surface area contributed by atoms with Crippen molar-refractivity contribution in [1.29, 1.82) is 0 Å². The van der Waals surface area contributed by atoms with Gasteiger partial charge in [0.05, 0.1) is 0 Å². The summed E-state index contributed by atoms with van der Waals surface area (Å²) in [7, 11) is 1.91. The van der Waals surface area contributed by atoms with E-state index in [4.69, 9.17) is 0 Å². The number of hydrogen-bond donors (Lipinski definition) is 1. The van der Waals surface area contributed by atoms with Crippen LogP contribution in [0.1, 0.15) is 21.6 Å². The van der Waals surface area contributed by atoms with Crippen LogP contribution in [-0.2, 0) is 13.0 Å². The molecule has 0 radical (unpaired) electrons. The van der Waals surface area contributed by atoms with Crippen molar-refractivity contribution in [3.8, 4) is 0 Å². The molecule has 2 heterocycles. The van der Waals surface area contributed by atoms with Crippen molar-refractivity contribution in [2.75, 3.05) is 18.5 Å². The van der Waals surface area contributed by atoms with Crippen LogP contribution in [0.3, 0.4) is 0 Å². The number of anilines is 1. The molecule has 0 saturated heterocycles. The van der Waals surface area contributed by atoms with Crippen LogP contribution in [0.2, 0.25) is 0 Å². The van der Waals surface area contributed by atoms with Crippen LogP contribution < -0.4 is 10.2 Å². The third kappa shape index (κ3) is 5.07. The summed E-state index contributed by atoms with van der Waals surface area (Å²) in [5, 5.41) is 2.69. The number of pyridine rings is 1. The fourth-order valence-electron chi connectivity index (χ4n) is 2.55. The monoisotopic (exact) mass is 365 g/mol. The van der Waals surface area contributed by atoms with Gasteiger partial charge in [0.25, 0.3) is 5.91 Å². The first-order chi connectivity index (χ1) is 13.1. The Bertz CT molecular complexity index is 904. The van der Waals surface area contributed by atoms with Crippen molar-refractivity contribution in [3.63, 3.8) is 0 Å². The number of rotatable bonds is 7. The molecule has 0 spiro atoms. The average molecular weight is 365 g/mol. The van der Waals surface area contributed by atoms with Gasteiger partial charge in [-0.05, 0) is 30.2 Å².